The maximum atomic E-state index is 12.3. The van der Waals surface area contributed by atoms with Gasteiger partial charge >= 0.3 is 5.97 Å². The van der Waals surface area contributed by atoms with E-state index in [1.165, 1.54) is 19.9 Å². The van der Waals surface area contributed by atoms with Crippen molar-refractivity contribution >= 4 is 21.7 Å². The number of hydrogen-bond donors (Lipinski definition) is 2. The second kappa shape index (κ2) is 6.19. The normalized spacial score (nSPS) is 12.9. The Balaban J connectivity index is 3.37. The quantitative estimate of drug-likeness (QED) is 0.602. The summed E-state index contributed by atoms with van der Waals surface area (Å²) in [5.41, 5.74) is 0.420. The van der Waals surface area contributed by atoms with Gasteiger partial charge in [-0.25, -0.2) is 8.42 Å². The van der Waals surface area contributed by atoms with Crippen LogP contribution >= 0.6 is 0 Å². The van der Waals surface area contributed by atoms with E-state index in [1.54, 1.807) is 6.92 Å². The van der Waals surface area contributed by atoms with Crippen molar-refractivity contribution in [1.82, 2.24) is 4.72 Å². The van der Waals surface area contributed by atoms with Crippen molar-refractivity contribution in [2.24, 2.45) is 0 Å². The van der Waals surface area contributed by atoms with Crippen LogP contribution in [0.2, 0.25) is 0 Å². The highest BCUT2D eigenvalue weighted by atomic mass is 32.2. The molecule has 0 fully saturated rings. The number of aryl methyl sites for hydroxylation is 1. The lowest BCUT2D eigenvalue weighted by Gasteiger charge is -2.15. The van der Waals surface area contributed by atoms with E-state index in [2.05, 4.69) is 0 Å². The lowest BCUT2D eigenvalue weighted by atomic mass is 10.1. The van der Waals surface area contributed by atoms with Crippen molar-refractivity contribution in [3.8, 4) is 0 Å². The molecule has 9 heteroatoms. The van der Waals surface area contributed by atoms with Gasteiger partial charge in [-0.3, -0.25) is 14.9 Å². The van der Waals surface area contributed by atoms with Gasteiger partial charge in [0, 0.05) is 12.1 Å². The first-order chi connectivity index (χ1) is 9.60. The third kappa shape index (κ3) is 3.76. The van der Waals surface area contributed by atoms with Crippen LogP contribution in [0.4, 0.5) is 5.69 Å². The molecule has 0 unspecified atom stereocenters. The number of rotatable bonds is 6. The molecule has 0 amide bonds. The Kier molecular flexibility index (Phi) is 5.02. The SMILES string of the molecule is CC[C@@H](NS(=O)(=O)c1cc([N+](=O)[O-])cc(C)c1C)C(=O)O. The van der Waals surface area contributed by atoms with Crippen molar-refractivity contribution < 1.29 is 23.2 Å². The van der Waals surface area contributed by atoms with Crippen molar-refractivity contribution in [2.45, 2.75) is 38.1 Å². The van der Waals surface area contributed by atoms with Crippen molar-refractivity contribution in [3.63, 3.8) is 0 Å². The molecular formula is C12H16N2O6S. The molecule has 0 aliphatic rings. The van der Waals surface area contributed by atoms with Gasteiger partial charge in [-0.1, -0.05) is 6.92 Å². The fourth-order valence-electron chi connectivity index (χ4n) is 1.75. The number of aliphatic carboxylic acids is 1. The van der Waals surface area contributed by atoms with Crippen LogP contribution < -0.4 is 4.72 Å². The van der Waals surface area contributed by atoms with Crippen molar-refractivity contribution in [3.05, 3.63) is 33.4 Å². The monoisotopic (exact) mass is 316 g/mol. The number of non-ortho nitro benzene ring substituents is 1. The first-order valence-corrected chi connectivity index (χ1v) is 7.59. The van der Waals surface area contributed by atoms with E-state index in [-0.39, 0.29) is 17.0 Å². The summed E-state index contributed by atoms with van der Waals surface area (Å²) < 4.78 is 26.6. The van der Waals surface area contributed by atoms with Gasteiger partial charge in [0.15, 0.2) is 0 Å². The molecule has 0 bridgehead atoms. The number of nitrogens with one attached hydrogen (secondary N) is 1. The maximum Gasteiger partial charge on any atom is 0.321 e. The van der Waals surface area contributed by atoms with Gasteiger partial charge in [0.1, 0.15) is 6.04 Å². The summed E-state index contributed by atoms with van der Waals surface area (Å²) in [5.74, 6) is -1.30. The minimum atomic E-state index is -4.16. The molecule has 0 spiro atoms. The molecule has 0 radical (unpaired) electrons. The Morgan fingerprint density at radius 1 is 1.43 bits per heavy atom. The lowest BCUT2D eigenvalue weighted by Crippen LogP contribution is -2.40. The van der Waals surface area contributed by atoms with Gasteiger partial charge in [-0.15, -0.1) is 0 Å². The standard InChI is InChI=1S/C12H16N2O6S/c1-4-10(12(15)16)13-21(19,20)11-6-9(14(17)18)5-7(2)8(11)3/h5-6,10,13H,4H2,1-3H3,(H,15,16)/t10-/m1/s1. The van der Waals surface area contributed by atoms with E-state index >= 15 is 0 Å². The second-order valence-corrected chi connectivity index (χ2v) is 6.25. The number of nitrogens with zero attached hydrogens (tertiary/aromatic N) is 1. The molecule has 0 saturated carbocycles. The Hall–Kier alpha value is -2.00. The van der Waals surface area contributed by atoms with Crippen LogP contribution in [0, 0.1) is 24.0 Å². The summed E-state index contributed by atoms with van der Waals surface area (Å²) in [6, 6.07) is 0.913. The van der Waals surface area contributed by atoms with E-state index in [9.17, 15) is 23.3 Å². The lowest BCUT2D eigenvalue weighted by molar-refractivity contribution is -0.385. The van der Waals surface area contributed by atoms with Gasteiger partial charge < -0.3 is 5.11 Å². The highest BCUT2D eigenvalue weighted by molar-refractivity contribution is 7.89. The summed E-state index contributed by atoms with van der Waals surface area (Å²) in [6.07, 6.45) is 0.0571. The highest BCUT2D eigenvalue weighted by Gasteiger charge is 2.27. The number of nitro groups is 1. The summed E-state index contributed by atoms with van der Waals surface area (Å²) in [4.78, 5) is 20.8. The fourth-order valence-corrected chi connectivity index (χ4v) is 3.36. The topological polar surface area (TPSA) is 127 Å². The number of hydrogen-bond acceptors (Lipinski definition) is 5. The van der Waals surface area contributed by atoms with E-state index in [4.69, 9.17) is 5.11 Å². The number of sulfonamides is 1. The number of nitro benzene ring substituents is 1. The third-order valence-corrected chi connectivity index (χ3v) is 4.71. The molecule has 1 aromatic carbocycles. The molecule has 0 aliphatic heterocycles. The van der Waals surface area contributed by atoms with Gasteiger partial charge in [0.05, 0.1) is 9.82 Å². The molecule has 0 aliphatic carbocycles. The third-order valence-electron chi connectivity index (χ3n) is 3.11. The average molecular weight is 316 g/mol. The largest absolute Gasteiger partial charge is 0.480 e. The Morgan fingerprint density at radius 3 is 2.43 bits per heavy atom. The zero-order valence-electron chi connectivity index (χ0n) is 11.8. The fraction of sp³-hybridized carbons (Fsp3) is 0.417. The zero-order valence-corrected chi connectivity index (χ0v) is 12.6. The van der Waals surface area contributed by atoms with E-state index in [0.717, 1.165) is 6.07 Å². The molecule has 116 valence electrons. The van der Waals surface area contributed by atoms with Gasteiger partial charge in [0.25, 0.3) is 5.69 Å². The molecule has 0 saturated heterocycles. The van der Waals surface area contributed by atoms with Crippen LogP contribution in [0.5, 0.6) is 0 Å². The number of carboxylic acids is 1. The van der Waals surface area contributed by atoms with E-state index < -0.39 is 27.0 Å². The summed E-state index contributed by atoms with van der Waals surface area (Å²) >= 11 is 0. The van der Waals surface area contributed by atoms with Crippen LogP contribution in [-0.2, 0) is 14.8 Å². The Bertz CT molecular complexity index is 683. The van der Waals surface area contributed by atoms with E-state index in [0.29, 0.717) is 11.1 Å². The first kappa shape index (κ1) is 17.1. The predicted octanol–water partition coefficient (Wildman–Crippen LogP) is 1.35. The molecule has 2 N–H and O–H groups in total. The number of carbonyl (C=O) groups is 1. The summed E-state index contributed by atoms with van der Waals surface area (Å²) in [7, 11) is -4.16. The Morgan fingerprint density at radius 2 is 2.00 bits per heavy atom. The van der Waals surface area contributed by atoms with Crippen LogP contribution in [0.1, 0.15) is 24.5 Å². The minimum Gasteiger partial charge on any atom is -0.480 e. The number of carboxylic acid groups (broad SMARTS) is 1. The minimum absolute atomic E-state index is 0.0571. The van der Waals surface area contributed by atoms with Crippen LogP contribution in [-0.4, -0.2) is 30.5 Å². The van der Waals surface area contributed by atoms with E-state index in [1.807, 2.05) is 4.72 Å². The highest BCUT2D eigenvalue weighted by Crippen LogP contribution is 2.25. The van der Waals surface area contributed by atoms with Crippen LogP contribution in [0.3, 0.4) is 0 Å². The molecule has 21 heavy (non-hydrogen) atoms. The van der Waals surface area contributed by atoms with Gasteiger partial charge in [-0.2, -0.15) is 4.72 Å². The molecular weight excluding hydrogens is 300 g/mol. The molecule has 1 atom stereocenters. The summed E-state index contributed by atoms with van der Waals surface area (Å²) in [5, 5.41) is 19.7. The van der Waals surface area contributed by atoms with Gasteiger partial charge in [0.2, 0.25) is 10.0 Å². The molecule has 8 nitrogen and oxygen atoms in total. The van der Waals surface area contributed by atoms with Crippen molar-refractivity contribution in [1.29, 1.82) is 0 Å². The second-order valence-electron chi connectivity index (χ2n) is 4.56. The Labute approximate surface area is 122 Å². The zero-order chi connectivity index (χ0) is 16.4. The predicted molar refractivity (Wildman–Crippen MR) is 74.6 cm³/mol. The van der Waals surface area contributed by atoms with Crippen molar-refractivity contribution in [2.75, 3.05) is 0 Å². The molecule has 1 rings (SSSR count). The number of benzene rings is 1. The molecule has 0 heterocycles. The maximum absolute atomic E-state index is 12.3. The smallest absolute Gasteiger partial charge is 0.321 e. The van der Waals surface area contributed by atoms with Gasteiger partial charge in [-0.05, 0) is 31.4 Å². The molecule has 1 aromatic rings. The van der Waals surface area contributed by atoms with Crippen LogP contribution in [0.25, 0.3) is 0 Å². The van der Waals surface area contributed by atoms with Crippen LogP contribution in [0.15, 0.2) is 17.0 Å². The summed E-state index contributed by atoms with van der Waals surface area (Å²) in [6.45, 7) is 4.58. The molecule has 0 aromatic heterocycles. The average Bonchev–Trinajstić information content (AvgIpc) is 2.38. The first-order valence-electron chi connectivity index (χ1n) is 6.11.